The van der Waals surface area contributed by atoms with Crippen molar-refractivity contribution in [2.45, 2.75) is 44.6 Å². The van der Waals surface area contributed by atoms with Gasteiger partial charge in [0.05, 0.1) is 35.6 Å². The van der Waals surface area contributed by atoms with Gasteiger partial charge in [0.15, 0.2) is 0 Å². The molecule has 0 unspecified atom stereocenters. The second-order valence-electron chi connectivity index (χ2n) is 7.16. The van der Waals surface area contributed by atoms with Gasteiger partial charge in [-0.3, -0.25) is 4.68 Å². The monoisotopic (exact) mass is 368 g/mol. The van der Waals surface area contributed by atoms with E-state index in [9.17, 15) is 0 Å². The molecule has 3 aromatic rings. The van der Waals surface area contributed by atoms with E-state index in [4.69, 9.17) is 14.6 Å². The zero-order chi connectivity index (χ0) is 18.2. The third kappa shape index (κ3) is 3.14. The second-order valence-corrected chi connectivity index (χ2v) is 7.16. The Kier molecular flexibility index (Phi) is 4.20. The third-order valence-electron chi connectivity index (χ3n) is 5.24. The molecule has 0 radical (unpaired) electrons. The molecule has 0 atom stereocenters. The van der Waals surface area contributed by atoms with Gasteiger partial charge in [-0.15, -0.1) is 0 Å². The lowest BCUT2D eigenvalue weighted by molar-refractivity contribution is 0.0654. The summed E-state index contributed by atoms with van der Waals surface area (Å²) in [6.45, 7) is 4.13. The highest BCUT2D eigenvalue weighted by molar-refractivity contribution is 5.82. The third-order valence-corrected chi connectivity index (χ3v) is 5.24. The zero-order valence-electron chi connectivity index (χ0n) is 15.4. The van der Waals surface area contributed by atoms with E-state index in [1.807, 2.05) is 25.4 Å². The molecule has 0 amide bonds. The Bertz CT molecular complexity index is 939. The molecule has 27 heavy (non-hydrogen) atoms. The van der Waals surface area contributed by atoms with E-state index in [2.05, 4.69) is 25.0 Å². The molecule has 8 heteroatoms. The molecule has 5 rings (SSSR count). The molecular formula is C19H24N6O2. The Morgan fingerprint density at radius 1 is 1.26 bits per heavy atom. The molecule has 2 aliphatic rings. The van der Waals surface area contributed by atoms with Gasteiger partial charge in [0.25, 0.3) is 0 Å². The first-order valence-corrected chi connectivity index (χ1v) is 9.73. The van der Waals surface area contributed by atoms with E-state index in [0.717, 1.165) is 42.8 Å². The number of aromatic nitrogens is 5. The van der Waals surface area contributed by atoms with Crippen molar-refractivity contribution < 1.29 is 9.47 Å². The molecule has 3 aromatic heterocycles. The molecule has 0 spiro atoms. The Morgan fingerprint density at radius 2 is 2.11 bits per heavy atom. The van der Waals surface area contributed by atoms with Gasteiger partial charge in [-0.25, -0.2) is 0 Å². The summed E-state index contributed by atoms with van der Waals surface area (Å²) in [6.07, 6.45) is 8.21. The van der Waals surface area contributed by atoms with Gasteiger partial charge in [0, 0.05) is 25.3 Å². The Hall–Kier alpha value is -2.61. The summed E-state index contributed by atoms with van der Waals surface area (Å²) in [4.78, 5) is 12.3. The fourth-order valence-corrected chi connectivity index (χ4v) is 3.79. The fourth-order valence-electron chi connectivity index (χ4n) is 3.79. The van der Waals surface area contributed by atoms with Gasteiger partial charge < -0.3 is 19.8 Å². The number of rotatable bonds is 6. The molecule has 0 bridgehead atoms. The molecule has 142 valence electrons. The summed E-state index contributed by atoms with van der Waals surface area (Å²) >= 11 is 0. The smallest absolute Gasteiger partial charge is 0.232 e. The van der Waals surface area contributed by atoms with E-state index in [0.29, 0.717) is 30.4 Å². The van der Waals surface area contributed by atoms with Crippen LogP contribution in [0, 0.1) is 0 Å². The SMILES string of the molecule is CCOc1nc(Nc2cnn(C3CCOCC3)c2C2CC2)nc2[nH]ccc12. The van der Waals surface area contributed by atoms with Crippen molar-refractivity contribution in [1.29, 1.82) is 0 Å². The zero-order valence-corrected chi connectivity index (χ0v) is 15.4. The number of anilines is 2. The van der Waals surface area contributed by atoms with Crippen LogP contribution in [0.3, 0.4) is 0 Å². The van der Waals surface area contributed by atoms with Gasteiger partial charge in [-0.05, 0) is 38.7 Å². The summed E-state index contributed by atoms with van der Waals surface area (Å²) in [5, 5.41) is 9.00. The number of hydrogen-bond donors (Lipinski definition) is 2. The van der Waals surface area contributed by atoms with E-state index in [1.54, 1.807) is 0 Å². The van der Waals surface area contributed by atoms with Crippen LogP contribution in [0.15, 0.2) is 18.5 Å². The molecule has 4 heterocycles. The van der Waals surface area contributed by atoms with Crippen LogP contribution in [-0.4, -0.2) is 44.6 Å². The first kappa shape index (κ1) is 16.6. The highest BCUT2D eigenvalue weighted by Crippen LogP contribution is 2.45. The van der Waals surface area contributed by atoms with Gasteiger partial charge in [-0.1, -0.05) is 0 Å². The van der Waals surface area contributed by atoms with Crippen molar-refractivity contribution in [3.05, 3.63) is 24.2 Å². The average Bonchev–Trinajstić information content (AvgIpc) is 3.26. The number of aromatic amines is 1. The maximum atomic E-state index is 5.70. The molecule has 2 N–H and O–H groups in total. The van der Waals surface area contributed by atoms with Crippen molar-refractivity contribution in [2.24, 2.45) is 0 Å². The lowest BCUT2D eigenvalue weighted by Gasteiger charge is -2.24. The minimum Gasteiger partial charge on any atom is -0.477 e. The number of H-pyrrole nitrogens is 1. The maximum Gasteiger partial charge on any atom is 0.232 e. The number of ether oxygens (including phenoxy) is 2. The van der Waals surface area contributed by atoms with E-state index in [1.165, 1.54) is 18.5 Å². The summed E-state index contributed by atoms with van der Waals surface area (Å²) in [7, 11) is 0. The highest BCUT2D eigenvalue weighted by Gasteiger charge is 2.33. The van der Waals surface area contributed by atoms with Crippen LogP contribution in [0.5, 0.6) is 5.88 Å². The van der Waals surface area contributed by atoms with Crippen LogP contribution in [0.1, 0.15) is 50.3 Å². The molecule has 8 nitrogen and oxygen atoms in total. The predicted molar refractivity (Wildman–Crippen MR) is 102 cm³/mol. The van der Waals surface area contributed by atoms with Crippen LogP contribution in [0.4, 0.5) is 11.6 Å². The van der Waals surface area contributed by atoms with Gasteiger partial charge in [-0.2, -0.15) is 15.1 Å². The molecular weight excluding hydrogens is 344 g/mol. The van der Waals surface area contributed by atoms with Gasteiger partial charge in [0.1, 0.15) is 5.65 Å². The topological polar surface area (TPSA) is 89.9 Å². The van der Waals surface area contributed by atoms with E-state index in [-0.39, 0.29) is 0 Å². The summed E-state index contributed by atoms with van der Waals surface area (Å²) in [5.41, 5.74) is 3.04. The maximum absolute atomic E-state index is 5.70. The molecule has 1 saturated heterocycles. The Morgan fingerprint density at radius 3 is 2.89 bits per heavy atom. The number of nitrogens with zero attached hydrogens (tertiary/aromatic N) is 4. The van der Waals surface area contributed by atoms with Gasteiger partial charge in [0.2, 0.25) is 11.8 Å². The highest BCUT2D eigenvalue weighted by atomic mass is 16.5. The minimum atomic E-state index is 0.413. The Labute approximate surface area is 157 Å². The van der Waals surface area contributed by atoms with Crippen LogP contribution in [-0.2, 0) is 4.74 Å². The normalized spacial score (nSPS) is 18.1. The minimum absolute atomic E-state index is 0.413. The number of nitrogens with one attached hydrogen (secondary N) is 2. The average molecular weight is 368 g/mol. The first-order chi connectivity index (χ1) is 13.3. The number of fused-ring (bicyclic) bond motifs is 1. The van der Waals surface area contributed by atoms with Crippen molar-refractivity contribution in [1.82, 2.24) is 24.7 Å². The van der Waals surface area contributed by atoms with E-state index < -0.39 is 0 Å². The van der Waals surface area contributed by atoms with Gasteiger partial charge >= 0.3 is 0 Å². The fraction of sp³-hybridized carbons (Fsp3) is 0.526. The lowest BCUT2D eigenvalue weighted by Crippen LogP contribution is -2.22. The molecule has 2 fully saturated rings. The van der Waals surface area contributed by atoms with Crippen molar-refractivity contribution in [2.75, 3.05) is 25.1 Å². The van der Waals surface area contributed by atoms with Crippen molar-refractivity contribution in [3.8, 4) is 5.88 Å². The van der Waals surface area contributed by atoms with Crippen LogP contribution >= 0.6 is 0 Å². The summed E-state index contributed by atoms with van der Waals surface area (Å²) in [6, 6.07) is 2.35. The summed E-state index contributed by atoms with van der Waals surface area (Å²) in [5.74, 6) is 1.69. The van der Waals surface area contributed by atoms with Crippen molar-refractivity contribution >= 4 is 22.7 Å². The molecule has 1 aliphatic heterocycles. The van der Waals surface area contributed by atoms with E-state index >= 15 is 0 Å². The van der Waals surface area contributed by atoms with Crippen LogP contribution in [0.25, 0.3) is 11.0 Å². The van der Waals surface area contributed by atoms with Crippen LogP contribution in [0.2, 0.25) is 0 Å². The standard InChI is InChI=1S/C19H24N6O2/c1-2-27-18-14-5-8-20-17(14)23-19(24-18)22-15-11-21-25(16(15)12-3-4-12)13-6-9-26-10-7-13/h5,8,11-13H,2-4,6-7,9-10H2,1H3,(H2,20,22,23,24). The molecule has 0 aromatic carbocycles. The molecule has 1 aliphatic carbocycles. The first-order valence-electron chi connectivity index (χ1n) is 9.73. The predicted octanol–water partition coefficient (Wildman–Crippen LogP) is 3.53. The van der Waals surface area contributed by atoms with Crippen LogP contribution < -0.4 is 10.1 Å². The summed E-state index contributed by atoms with van der Waals surface area (Å²) < 4.78 is 13.4. The number of hydrogen-bond acceptors (Lipinski definition) is 6. The lowest BCUT2D eigenvalue weighted by atomic mass is 10.1. The second kappa shape index (κ2) is 6.84. The molecule has 1 saturated carbocycles. The largest absolute Gasteiger partial charge is 0.477 e. The Balaban J connectivity index is 1.48. The van der Waals surface area contributed by atoms with Crippen molar-refractivity contribution in [3.63, 3.8) is 0 Å². The quantitative estimate of drug-likeness (QED) is 0.692.